The Morgan fingerprint density at radius 1 is 1.06 bits per heavy atom. The number of carbonyl (C=O) groups excluding carboxylic acids is 1. The van der Waals surface area contributed by atoms with Gasteiger partial charge in [0, 0.05) is 28.8 Å². The average molecular weight is 765 g/mol. The number of aromatic nitrogens is 3. The van der Waals surface area contributed by atoms with Crippen LogP contribution in [-0.2, 0) is 40.4 Å². The van der Waals surface area contributed by atoms with E-state index < -0.39 is 56.7 Å². The molecule has 0 radical (unpaired) electrons. The number of rotatable bonds is 7. The maximum atomic E-state index is 14.5. The first-order chi connectivity index (χ1) is 23.9. The van der Waals surface area contributed by atoms with Gasteiger partial charge in [0.25, 0.3) is 0 Å². The highest BCUT2D eigenvalue weighted by atomic mass is 35.5. The van der Waals surface area contributed by atoms with Crippen molar-refractivity contribution in [2.45, 2.75) is 96.3 Å². The van der Waals surface area contributed by atoms with Crippen molar-refractivity contribution in [1.29, 1.82) is 0 Å². The maximum Gasteiger partial charge on any atom is 0.408 e. The van der Waals surface area contributed by atoms with E-state index in [2.05, 4.69) is 22.3 Å². The molecule has 2 heterocycles. The van der Waals surface area contributed by atoms with Crippen LogP contribution in [0, 0.1) is 30.4 Å². The number of nitrogens with zero attached hydrogens (tertiary/aromatic N) is 3. The molecule has 0 bridgehead atoms. The van der Waals surface area contributed by atoms with E-state index in [0.29, 0.717) is 42.0 Å². The lowest BCUT2D eigenvalue weighted by molar-refractivity contribution is -0.141. The van der Waals surface area contributed by atoms with Gasteiger partial charge >= 0.3 is 12.3 Å². The van der Waals surface area contributed by atoms with Crippen LogP contribution in [0.25, 0.3) is 22.0 Å². The van der Waals surface area contributed by atoms with E-state index in [-0.39, 0.29) is 50.6 Å². The summed E-state index contributed by atoms with van der Waals surface area (Å²) >= 11 is 6.58. The number of hydrogen-bond acceptors (Lipinski definition) is 6. The summed E-state index contributed by atoms with van der Waals surface area (Å²) in [5.41, 5.74) is 1.78. The van der Waals surface area contributed by atoms with Crippen LogP contribution in [0.4, 0.5) is 26.7 Å². The van der Waals surface area contributed by atoms with Crippen LogP contribution < -0.4 is 5.32 Å². The third kappa shape index (κ3) is 8.52. The number of nitrogens with one attached hydrogen (secondary N) is 1. The topological polar surface area (TPSA) is 103 Å². The van der Waals surface area contributed by atoms with E-state index in [4.69, 9.17) is 21.3 Å². The Bertz CT molecular complexity index is 2230. The van der Waals surface area contributed by atoms with Gasteiger partial charge in [0.1, 0.15) is 34.2 Å². The van der Waals surface area contributed by atoms with Crippen molar-refractivity contribution in [3.63, 3.8) is 0 Å². The molecule has 0 aliphatic heterocycles. The molecule has 5 rings (SSSR count). The molecule has 0 spiro atoms. The van der Waals surface area contributed by atoms with Gasteiger partial charge in [-0.3, -0.25) is 4.68 Å². The van der Waals surface area contributed by atoms with E-state index in [9.17, 15) is 35.2 Å². The first kappa shape index (κ1) is 39.0. The molecule has 52 heavy (non-hydrogen) atoms. The predicted molar refractivity (Wildman–Crippen MR) is 189 cm³/mol. The van der Waals surface area contributed by atoms with Gasteiger partial charge in [-0.1, -0.05) is 23.6 Å². The molecule has 1 aliphatic rings. The van der Waals surface area contributed by atoms with Crippen molar-refractivity contribution in [3.8, 4) is 23.0 Å². The van der Waals surface area contributed by atoms with E-state index in [1.807, 2.05) is 0 Å². The van der Waals surface area contributed by atoms with Crippen LogP contribution >= 0.6 is 11.6 Å². The van der Waals surface area contributed by atoms with E-state index >= 15 is 0 Å². The van der Waals surface area contributed by atoms with E-state index in [0.717, 1.165) is 23.1 Å². The fourth-order valence-corrected chi connectivity index (χ4v) is 6.74. The standard InChI is InChI=1S/C37H38ClF5N4O4S/c1-20-30-27(38)12-11-26(33(30)47(46-20)19-37(41,42)43)31-25-10-8-9-24(25)28(13-14-36(5,6)52(7,49)50)44-32(31)29(45-34(48)51-35(2,3)4)17-21-15-22(39)18-23(40)16-21/h11-12,15-16,18,29H,8-10,17,19H2,1-7H3,(H,45,48)/t29-/m0/s1. The molecule has 0 saturated heterocycles. The zero-order chi connectivity index (χ0) is 38.6. The molecular weight excluding hydrogens is 727 g/mol. The van der Waals surface area contributed by atoms with Gasteiger partial charge < -0.3 is 10.1 Å². The molecule has 2 aromatic heterocycles. The third-order valence-electron chi connectivity index (χ3n) is 8.70. The summed E-state index contributed by atoms with van der Waals surface area (Å²) in [7, 11) is -3.65. The summed E-state index contributed by atoms with van der Waals surface area (Å²) in [5.74, 6) is 4.02. The van der Waals surface area contributed by atoms with Crippen LogP contribution in [0.15, 0.2) is 30.3 Å². The number of sulfone groups is 1. The predicted octanol–water partition coefficient (Wildman–Crippen LogP) is 8.37. The minimum absolute atomic E-state index is 0.0735. The molecule has 0 unspecified atom stereocenters. The number of hydrogen-bond donors (Lipinski definition) is 1. The molecule has 8 nitrogen and oxygen atoms in total. The lowest BCUT2D eigenvalue weighted by Crippen LogP contribution is -2.36. The number of alkyl halides is 3. The molecule has 15 heteroatoms. The molecule has 1 aliphatic carbocycles. The van der Waals surface area contributed by atoms with Crippen LogP contribution in [0.3, 0.4) is 0 Å². The van der Waals surface area contributed by atoms with Crippen molar-refractivity contribution >= 4 is 38.4 Å². The molecule has 2 aromatic carbocycles. The van der Waals surface area contributed by atoms with Crippen molar-refractivity contribution < 1.29 is 39.9 Å². The number of alkyl carbamates (subject to hydrolysis) is 1. The number of amides is 1. The van der Waals surface area contributed by atoms with Gasteiger partial charge in [-0.25, -0.2) is 27.0 Å². The zero-order valence-electron chi connectivity index (χ0n) is 29.7. The Labute approximate surface area is 304 Å². The number of aryl methyl sites for hydroxylation is 1. The molecule has 1 N–H and O–H groups in total. The Morgan fingerprint density at radius 2 is 1.69 bits per heavy atom. The molecule has 4 aromatic rings. The van der Waals surface area contributed by atoms with Gasteiger partial charge in [0.05, 0.1) is 28.0 Å². The van der Waals surface area contributed by atoms with Crippen LogP contribution in [0.2, 0.25) is 5.02 Å². The highest BCUT2D eigenvalue weighted by Crippen LogP contribution is 2.44. The zero-order valence-corrected chi connectivity index (χ0v) is 31.2. The second-order valence-electron chi connectivity index (χ2n) is 14.4. The average Bonchev–Trinajstić information content (AvgIpc) is 3.58. The first-order valence-electron chi connectivity index (χ1n) is 16.4. The van der Waals surface area contributed by atoms with Crippen LogP contribution in [0.5, 0.6) is 0 Å². The van der Waals surface area contributed by atoms with Crippen molar-refractivity contribution in [2.75, 3.05) is 6.26 Å². The lowest BCUT2D eigenvalue weighted by atomic mass is 9.88. The molecule has 0 fully saturated rings. The summed E-state index contributed by atoms with van der Waals surface area (Å²) in [4.78, 5) is 18.3. The van der Waals surface area contributed by atoms with E-state index in [1.54, 1.807) is 33.8 Å². The Kier molecular flexibility index (Phi) is 10.5. The summed E-state index contributed by atoms with van der Waals surface area (Å²) in [6, 6.07) is 4.80. The van der Waals surface area contributed by atoms with Gasteiger partial charge in [-0.15, -0.1) is 0 Å². The number of pyridine rings is 1. The van der Waals surface area contributed by atoms with Crippen LogP contribution in [-0.4, -0.2) is 52.1 Å². The van der Waals surface area contributed by atoms with Crippen molar-refractivity contribution in [1.82, 2.24) is 20.1 Å². The second kappa shape index (κ2) is 14.0. The number of fused-ring (bicyclic) bond motifs is 2. The number of halogens is 6. The Hall–Kier alpha value is -4.22. The monoisotopic (exact) mass is 764 g/mol. The minimum atomic E-state index is -4.65. The van der Waals surface area contributed by atoms with E-state index in [1.165, 1.54) is 19.9 Å². The molecule has 0 saturated carbocycles. The van der Waals surface area contributed by atoms with Crippen molar-refractivity contribution in [3.05, 3.63) is 80.8 Å². The summed E-state index contributed by atoms with van der Waals surface area (Å²) in [6.07, 6.45) is -3.22. The summed E-state index contributed by atoms with van der Waals surface area (Å²) < 4.78 is 101. The fourth-order valence-electron chi connectivity index (χ4n) is 6.21. The smallest absolute Gasteiger partial charge is 0.408 e. The normalized spacial score (nSPS) is 14.2. The minimum Gasteiger partial charge on any atom is -0.444 e. The SMILES string of the molecule is Cc1nn(CC(F)(F)F)c2c(-c3c([C@H](Cc4cc(F)cc(F)c4)NC(=O)OC(C)(C)C)nc(C#CC(C)(C)S(C)(=O)=O)c4c3CCC4)ccc(Cl)c12. The molecule has 278 valence electrons. The number of benzene rings is 2. The Morgan fingerprint density at radius 3 is 2.29 bits per heavy atom. The summed E-state index contributed by atoms with van der Waals surface area (Å²) in [6.45, 7) is 7.96. The Balaban J connectivity index is 1.89. The largest absolute Gasteiger partial charge is 0.444 e. The highest BCUT2D eigenvalue weighted by Gasteiger charge is 2.35. The fraction of sp³-hybridized carbons (Fsp3) is 0.432. The summed E-state index contributed by atoms with van der Waals surface area (Å²) in [5, 5.41) is 7.43. The second-order valence-corrected chi connectivity index (χ2v) is 17.4. The van der Waals surface area contributed by atoms with Crippen molar-refractivity contribution in [2.24, 2.45) is 0 Å². The van der Waals surface area contributed by atoms with Gasteiger partial charge in [-0.2, -0.15) is 18.3 Å². The quantitative estimate of drug-likeness (QED) is 0.150. The van der Waals surface area contributed by atoms with Crippen LogP contribution in [0.1, 0.15) is 80.9 Å². The first-order valence-corrected chi connectivity index (χ1v) is 18.7. The molecular formula is C37H38ClF5N4O4S. The van der Waals surface area contributed by atoms with Gasteiger partial charge in [0.2, 0.25) is 0 Å². The lowest BCUT2D eigenvalue weighted by Gasteiger charge is -2.27. The van der Waals surface area contributed by atoms with Gasteiger partial charge in [-0.05, 0) is 108 Å². The molecule has 1 atom stereocenters. The molecule has 1 amide bonds. The third-order valence-corrected chi connectivity index (χ3v) is 11.0. The van der Waals surface area contributed by atoms with Gasteiger partial charge in [0.15, 0.2) is 9.84 Å². The number of ether oxygens (including phenoxy) is 1. The highest BCUT2D eigenvalue weighted by molar-refractivity contribution is 7.92. The maximum absolute atomic E-state index is 14.5. The number of carbonyl (C=O) groups is 1.